The molecule has 25 heavy (non-hydrogen) atoms. The Morgan fingerprint density at radius 2 is 1.76 bits per heavy atom. The van der Waals surface area contributed by atoms with Crippen LogP contribution in [0.5, 0.6) is 0 Å². The van der Waals surface area contributed by atoms with Gasteiger partial charge >= 0.3 is 0 Å². The summed E-state index contributed by atoms with van der Waals surface area (Å²) in [5, 5.41) is 2.73. The number of rotatable bonds is 6. The van der Waals surface area contributed by atoms with Crippen molar-refractivity contribution < 1.29 is 18.4 Å². The van der Waals surface area contributed by atoms with Crippen LogP contribution < -0.4 is 10.2 Å². The zero-order valence-corrected chi connectivity index (χ0v) is 14.2. The zero-order chi connectivity index (χ0) is 18.4. The quantitative estimate of drug-likeness (QED) is 0.862. The van der Waals surface area contributed by atoms with E-state index in [1.807, 2.05) is 19.1 Å². The van der Waals surface area contributed by atoms with E-state index in [-0.39, 0.29) is 24.6 Å². The van der Waals surface area contributed by atoms with Crippen molar-refractivity contribution in [3.8, 4) is 0 Å². The van der Waals surface area contributed by atoms with Gasteiger partial charge in [-0.2, -0.15) is 0 Å². The van der Waals surface area contributed by atoms with E-state index in [2.05, 4.69) is 5.32 Å². The van der Waals surface area contributed by atoms with E-state index in [9.17, 15) is 18.4 Å². The molecule has 0 aliphatic rings. The summed E-state index contributed by atoms with van der Waals surface area (Å²) in [5.41, 5.74) is 1.77. The number of hydrogen-bond donors (Lipinski definition) is 1. The van der Waals surface area contributed by atoms with Crippen LogP contribution in [0.2, 0.25) is 0 Å². The molecule has 0 bridgehead atoms. The number of aryl methyl sites for hydroxylation is 1. The lowest BCUT2D eigenvalue weighted by atomic mass is 10.1. The number of carbonyl (C=O) groups excluding carboxylic acids is 2. The molecule has 0 saturated heterocycles. The highest BCUT2D eigenvalue weighted by Crippen LogP contribution is 2.21. The van der Waals surface area contributed by atoms with Crippen LogP contribution in [-0.4, -0.2) is 18.4 Å². The van der Waals surface area contributed by atoms with Crippen LogP contribution in [0, 0.1) is 11.6 Å². The molecular weight excluding hydrogens is 326 g/mol. The molecule has 0 radical (unpaired) electrons. The molecule has 0 heterocycles. The van der Waals surface area contributed by atoms with Gasteiger partial charge in [-0.15, -0.1) is 0 Å². The lowest BCUT2D eigenvalue weighted by molar-refractivity contribution is -0.117. The van der Waals surface area contributed by atoms with Crippen molar-refractivity contribution in [2.45, 2.75) is 26.7 Å². The number of carbonyl (C=O) groups is 2. The van der Waals surface area contributed by atoms with Crippen molar-refractivity contribution >= 4 is 23.2 Å². The molecule has 132 valence electrons. The number of amides is 2. The molecule has 0 atom stereocenters. The molecule has 1 N–H and O–H groups in total. The lowest BCUT2D eigenvalue weighted by Gasteiger charge is -2.21. The Bertz CT molecular complexity index is 761. The van der Waals surface area contributed by atoms with Crippen LogP contribution in [0.25, 0.3) is 0 Å². The molecule has 0 aliphatic heterocycles. The molecule has 0 aliphatic carbocycles. The van der Waals surface area contributed by atoms with Crippen LogP contribution in [0.3, 0.4) is 0 Å². The van der Waals surface area contributed by atoms with Gasteiger partial charge in [-0.05, 0) is 36.2 Å². The van der Waals surface area contributed by atoms with Crippen molar-refractivity contribution in [2.75, 3.05) is 16.8 Å². The second-order valence-corrected chi connectivity index (χ2v) is 5.62. The predicted molar refractivity (Wildman–Crippen MR) is 93.5 cm³/mol. The highest BCUT2D eigenvalue weighted by molar-refractivity contribution is 5.94. The normalized spacial score (nSPS) is 10.4. The number of anilines is 2. The molecule has 4 nitrogen and oxygen atoms in total. The van der Waals surface area contributed by atoms with E-state index in [1.165, 1.54) is 13.0 Å². The fourth-order valence-corrected chi connectivity index (χ4v) is 2.41. The molecule has 2 rings (SSSR count). The molecule has 2 aromatic carbocycles. The Morgan fingerprint density at radius 1 is 1.08 bits per heavy atom. The minimum atomic E-state index is -0.842. The summed E-state index contributed by atoms with van der Waals surface area (Å²) in [7, 11) is 0. The second kappa shape index (κ2) is 8.37. The number of nitrogens with one attached hydrogen (secondary N) is 1. The summed E-state index contributed by atoms with van der Waals surface area (Å²) in [6.07, 6.45) is 0.900. The summed E-state index contributed by atoms with van der Waals surface area (Å²) in [4.78, 5) is 24.9. The second-order valence-electron chi connectivity index (χ2n) is 5.62. The number of hydrogen-bond acceptors (Lipinski definition) is 2. The monoisotopic (exact) mass is 346 g/mol. The first-order valence-corrected chi connectivity index (χ1v) is 8.02. The lowest BCUT2D eigenvalue weighted by Crippen LogP contribution is -2.32. The topological polar surface area (TPSA) is 49.4 Å². The van der Waals surface area contributed by atoms with Crippen molar-refractivity contribution in [3.05, 3.63) is 59.7 Å². The first kappa shape index (κ1) is 18.6. The molecule has 0 fully saturated rings. The number of nitrogens with zero attached hydrogens (tertiary/aromatic N) is 1. The molecule has 2 aromatic rings. The largest absolute Gasteiger partial charge is 0.326 e. The maximum absolute atomic E-state index is 13.9. The Morgan fingerprint density at radius 3 is 2.32 bits per heavy atom. The molecule has 0 unspecified atom stereocenters. The highest BCUT2D eigenvalue weighted by Gasteiger charge is 2.17. The minimum absolute atomic E-state index is 0.00321. The van der Waals surface area contributed by atoms with Gasteiger partial charge in [0.25, 0.3) is 0 Å². The van der Waals surface area contributed by atoms with Crippen LogP contribution in [-0.2, 0) is 16.0 Å². The summed E-state index contributed by atoms with van der Waals surface area (Å²) >= 11 is 0. The van der Waals surface area contributed by atoms with Gasteiger partial charge in [-0.25, -0.2) is 8.78 Å². The maximum atomic E-state index is 13.9. The molecule has 0 aromatic heterocycles. The number of halogens is 2. The summed E-state index contributed by atoms with van der Waals surface area (Å²) in [6, 6.07) is 10.4. The number of benzene rings is 2. The first-order valence-electron chi connectivity index (χ1n) is 8.02. The third-order valence-corrected chi connectivity index (χ3v) is 3.79. The van der Waals surface area contributed by atoms with E-state index in [4.69, 9.17) is 0 Å². The molecular formula is C19H20F2N2O2. The van der Waals surface area contributed by atoms with Gasteiger partial charge in [0.05, 0.1) is 5.69 Å². The van der Waals surface area contributed by atoms with Crippen LogP contribution in [0.4, 0.5) is 20.2 Å². The van der Waals surface area contributed by atoms with Gasteiger partial charge in [-0.1, -0.05) is 19.1 Å². The fraction of sp³-hybridized carbons (Fsp3) is 0.263. The zero-order valence-electron chi connectivity index (χ0n) is 14.2. The van der Waals surface area contributed by atoms with Gasteiger partial charge in [0.1, 0.15) is 11.6 Å². The summed E-state index contributed by atoms with van der Waals surface area (Å²) < 4.78 is 26.9. The van der Waals surface area contributed by atoms with Crippen molar-refractivity contribution in [2.24, 2.45) is 0 Å². The van der Waals surface area contributed by atoms with E-state index in [0.29, 0.717) is 11.8 Å². The van der Waals surface area contributed by atoms with Crippen LogP contribution in [0.1, 0.15) is 25.8 Å². The van der Waals surface area contributed by atoms with Crippen molar-refractivity contribution in [1.82, 2.24) is 0 Å². The predicted octanol–water partition coefficient (Wildman–Crippen LogP) is 3.91. The Kier molecular flexibility index (Phi) is 6.22. The third-order valence-electron chi connectivity index (χ3n) is 3.79. The molecule has 0 saturated carbocycles. The van der Waals surface area contributed by atoms with E-state index in [0.717, 1.165) is 23.0 Å². The van der Waals surface area contributed by atoms with Crippen molar-refractivity contribution in [1.29, 1.82) is 0 Å². The smallest absolute Gasteiger partial charge is 0.226 e. The SMILES string of the molecule is CCc1ccc(NC(=O)CCN(C(C)=O)c2ccc(F)cc2F)cc1. The molecule has 2 amide bonds. The standard InChI is InChI=1S/C19H20F2N2O2/c1-3-14-4-7-16(8-5-14)22-19(25)10-11-23(13(2)24)18-9-6-15(20)12-17(18)21/h4-9,12H,3,10-11H2,1-2H3,(H,22,25). The van der Waals surface area contributed by atoms with Crippen LogP contribution >= 0.6 is 0 Å². The Labute approximate surface area is 145 Å². The van der Waals surface area contributed by atoms with Crippen LogP contribution in [0.15, 0.2) is 42.5 Å². The average Bonchev–Trinajstić information content (AvgIpc) is 2.57. The van der Waals surface area contributed by atoms with Gasteiger partial charge in [0.15, 0.2) is 0 Å². The van der Waals surface area contributed by atoms with E-state index in [1.54, 1.807) is 12.1 Å². The minimum Gasteiger partial charge on any atom is -0.326 e. The van der Waals surface area contributed by atoms with E-state index >= 15 is 0 Å². The van der Waals surface area contributed by atoms with Gasteiger partial charge < -0.3 is 10.2 Å². The fourth-order valence-electron chi connectivity index (χ4n) is 2.41. The highest BCUT2D eigenvalue weighted by atomic mass is 19.1. The Balaban J connectivity index is 2.00. The molecule has 6 heteroatoms. The Hall–Kier alpha value is -2.76. The molecule has 0 spiro atoms. The average molecular weight is 346 g/mol. The summed E-state index contributed by atoms with van der Waals surface area (Å²) in [5.74, 6) is -2.28. The first-order chi connectivity index (χ1) is 11.9. The third kappa shape index (κ3) is 5.11. The maximum Gasteiger partial charge on any atom is 0.226 e. The van der Waals surface area contributed by atoms with Gasteiger partial charge in [0, 0.05) is 31.6 Å². The van der Waals surface area contributed by atoms with Gasteiger partial charge in [-0.3, -0.25) is 9.59 Å². The summed E-state index contributed by atoms with van der Waals surface area (Å²) in [6.45, 7) is 3.31. The van der Waals surface area contributed by atoms with E-state index < -0.39 is 17.5 Å². The van der Waals surface area contributed by atoms with Gasteiger partial charge in [0.2, 0.25) is 11.8 Å². The van der Waals surface area contributed by atoms with Crippen molar-refractivity contribution in [3.63, 3.8) is 0 Å².